The van der Waals surface area contributed by atoms with Crippen molar-refractivity contribution in [1.82, 2.24) is 5.32 Å². The smallest absolute Gasteiger partial charge is 0.224 e. The molecule has 1 amide bonds. The highest BCUT2D eigenvalue weighted by molar-refractivity contribution is 5.78. The van der Waals surface area contributed by atoms with Gasteiger partial charge in [0.25, 0.3) is 0 Å². The van der Waals surface area contributed by atoms with Gasteiger partial charge in [-0.3, -0.25) is 4.79 Å². The summed E-state index contributed by atoms with van der Waals surface area (Å²) in [6, 6.07) is 6.53. The molecule has 0 spiro atoms. The summed E-state index contributed by atoms with van der Waals surface area (Å²) < 4.78 is 13.4. The molecule has 0 aliphatic rings. The lowest BCUT2D eigenvalue weighted by Gasteiger charge is -2.26. The van der Waals surface area contributed by atoms with Crippen LogP contribution < -0.4 is 5.32 Å². The zero-order chi connectivity index (χ0) is 13.7. The van der Waals surface area contributed by atoms with E-state index in [1.54, 1.807) is 18.2 Å². The number of carbonyl (C=O) groups is 1. The van der Waals surface area contributed by atoms with Gasteiger partial charge in [-0.1, -0.05) is 45.9 Å². The van der Waals surface area contributed by atoms with Crippen LogP contribution in [0.2, 0.25) is 0 Å². The van der Waals surface area contributed by atoms with Crippen molar-refractivity contribution in [2.24, 2.45) is 11.8 Å². The summed E-state index contributed by atoms with van der Waals surface area (Å²) >= 11 is 0. The fourth-order valence-corrected chi connectivity index (χ4v) is 2.15. The maximum atomic E-state index is 13.4. The van der Waals surface area contributed by atoms with E-state index in [0.29, 0.717) is 17.4 Å². The Hall–Kier alpha value is -1.38. The third-order valence-corrected chi connectivity index (χ3v) is 3.07. The first-order chi connectivity index (χ1) is 8.41. The molecule has 0 radical (unpaired) electrons. The Morgan fingerprint density at radius 2 is 1.72 bits per heavy atom. The van der Waals surface area contributed by atoms with E-state index in [2.05, 4.69) is 33.0 Å². The van der Waals surface area contributed by atoms with Crippen LogP contribution in [-0.4, -0.2) is 11.9 Å². The number of halogens is 1. The first-order valence-corrected chi connectivity index (χ1v) is 6.44. The number of amides is 1. The molecule has 0 heterocycles. The Labute approximate surface area is 109 Å². The molecule has 1 rings (SSSR count). The molecule has 0 unspecified atom stereocenters. The van der Waals surface area contributed by atoms with E-state index in [9.17, 15) is 9.18 Å². The molecule has 100 valence electrons. The minimum absolute atomic E-state index is 0.0998. The maximum absolute atomic E-state index is 13.4. The fraction of sp³-hybridized carbons (Fsp3) is 0.533. The number of hydrogen-bond donors (Lipinski definition) is 1. The van der Waals surface area contributed by atoms with E-state index in [1.807, 2.05) is 0 Å². The van der Waals surface area contributed by atoms with Crippen LogP contribution in [0.15, 0.2) is 24.3 Å². The van der Waals surface area contributed by atoms with Crippen molar-refractivity contribution < 1.29 is 9.18 Å². The number of nitrogens with one attached hydrogen (secondary N) is 1. The van der Waals surface area contributed by atoms with Crippen molar-refractivity contribution >= 4 is 5.91 Å². The highest BCUT2D eigenvalue weighted by Gasteiger charge is 2.20. The number of hydrogen-bond acceptors (Lipinski definition) is 1. The SMILES string of the molecule is CC(C)C(NC(=O)Cc1ccccc1F)C(C)C. The van der Waals surface area contributed by atoms with Crippen LogP contribution in [0.25, 0.3) is 0 Å². The van der Waals surface area contributed by atoms with Gasteiger partial charge in [0.1, 0.15) is 5.82 Å². The Bertz CT molecular complexity index is 393. The Morgan fingerprint density at radius 1 is 1.17 bits per heavy atom. The molecule has 3 heteroatoms. The molecule has 0 aliphatic heterocycles. The van der Waals surface area contributed by atoms with E-state index in [1.165, 1.54) is 6.07 Å². The molecule has 0 aliphatic carbocycles. The predicted molar refractivity (Wildman–Crippen MR) is 71.7 cm³/mol. The van der Waals surface area contributed by atoms with Gasteiger partial charge in [0.15, 0.2) is 0 Å². The highest BCUT2D eigenvalue weighted by atomic mass is 19.1. The van der Waals surface area contributed by atoms with Gasteiger partial charge in [0.2, 0.25) is 5.91 Å². The summed E-state index contributed by atoms with van der Waals surface area (Å²) in [6.07, 6.45) is 0.0998. The molecule has 18 heavy (non-hydrogen) atoms. The van der Waals surface area contributed by atoms with Crippen molar-refractivity contribution in [2.75, 3.05) is 0 Å². The third-order valence-electron chi connectivity index (χ3n) is 3.07. The van der Waals surface area contributed by atoms with E-state index >= 15 is 0 Å². The van der Waals surface area contributed by atoms with Gasteiger partial charge in [-0.2, -0.15) is 0 Å². The molecule has 0 saturated carbocycles. The topological polar surface area (TPSA) is 29.1 Å². The monoisotopic (exact) mass is 251 g/mol. The van der Waals surface area contributed by atoms with Crippen molar-refractivity contribution in [1.29, 1.82) is 0 Å². The van der Waals surface area contributed by atoms with Gasteiger partial charge in [0.05, 0.1) is 6.42 Å². The van der Waals surface area contributed by atoms with Gasteiger partial charge in [0, 0.05) is 6.04 Å². The second kappa shape index (κ2) is 6.53. The Balaban J connectivity index is 2.64. The minimum Gasteiger partial charge on any atom is -0.353 e. The number of rotatable bonds is 5. The summed E-state index contributed by atoms with van der Waals surface area (Å²) in [6.45, 7) is 8.31. The summed E-state index contributed by atoms with van der Waals surface area (Å²) in [4.78, 5) is 11.9. The van der Waals surface area contributed by atoms with E-state index < -0.39 is 0 Å². The van der Waals surface area contributed by atoms with E-state index in [0.717, 1.165) is 0 Å². The molecular weight excluding hydrogens is 229 g/mol. The van der Waals surface area contributed by atoms with Crippen LogP contribution in [0, 0.1) is 17.7 Å². The Morgan fingerprint density at radius 3 is 2.22 bits per heavy atom. The van der Waals surface area contributed by atoms with Gasteiger partial charge in [-0.25, -0.2) is 4.39 Å². The summed E-state index contributed by atoms with van der Waals surface area (Å²) in [5, 5.41) is 2.99. The third kappa shape index (κ3) is 4.13. The molecule has 1 aromatic rings. The standard InChI is InChI=1S/C15H22FNO/c1-10(2)15(11(3)4)17-14(18)9-12-7-5-6-8-13(12)16/h5-8,10-11,15H,9H2,1-4H3,(H,17,18). The lowest BCUT2D eigenvalue weighted by molar-refractivity contribution is -0.121. The largest absolute Gasteiger partial charge is 0.353 e. The van der Waals surface area contributed by atoms with Crippen molar-refractivity contribution in [2.45, 2.75) is 40.2 Å². The average molecular weight is 251 g/mol. The zero-order valence-electron chi connectivity index (χ0n) is 11.5. The van der Waals surface area contributed by atoms with Crippen LogP contribution in [0.5, 0.6) is 0 Å². The van der Waals surface area contributed by atoms with Crippen LogP contribution in [-0.2, 0) is 11.2 Å². The molecule has 2 nitrogen and oxygen atoms in total. The summed E-state index contributed by atoms with van der Waals surface area (Å²) in [5.41, 5.74) is 0.446. The van der Waals surface area contributed by atoms with Gasteiger partial charge >= 0.3 is 0 Å². The van der Waals surface area contributed by atoms with Crippen LogP contribution in [0.4, 0.5) is 4.39 Å². The minimum atomic E-state index is -0.321. The number of carbonyl (C=O) groups excluding carboxylic acids is 1. The molecule has 1 N–H and O–H groups in total. The average Bonchev–Trinajstić information content (AvgIpc) is 2.28. The Kier molecular flexibility index (Phi) is 5.32. The quantitative estimate of drug-likeness (QED) is 0.855. The number of benzene rings is 1. The van der Waals surface area contributed by atoms with Crippen molar-refractivity contribution in [3.63, 3.8) is 0 Å². The van der Waals surface area contributed by atoms with Crippen molar-refractivity contribution in [3.05, 3.63) is 35.6 Å². The van der Waals surface area contributed by atoms with Gasteiger partial charge < -0.3 is 5.32 Å². The van der Waals surface area contributed by atoms with Crippen LogP contribution in [0.3, 0.4) is 0 Å². The predicted octanol–water partition coefficient (Wildman–Crippen LogP) is 3.17. The molecule has 0 aromatic heterocycles. The summed E-state index contributed by atoms with van der Waals surface area (Å²) in [7, 11) is 0. The van der Waals surface area contributed by atoms with Gasteiger partial charge in [-0.05, 0) is 23.5 Å². The van der Waals surface area contributed by atoms with Crippen molar-refractivity contribution in [3.8, 4) is 0 Å². The molecule has 0 bridgehead atoms. The molecule has 0 fully saturated rings. The molecule has 0 saturated heterocycles. The van der Waals surface area contributed by atoms with E-state index in [4.69, 9.17) is 0 Å². The lowest BCUT2D eigenvalue weighted by Crippen LogP contribution is -2.42. The van der Waals surface area contributed by atoms with Crippen LogP contribution in [0.1, 0.15) is 33.3 Å². The lowest BCUT2D eigenvalue weighted by atomic mass is 9.93. The summed E-state index contributed by atoms with van der Waals surface area (Å²) in [5.74, 6) is 0.301. The normalized spacial score (nSPS) is 11.3. The first-order valence-electron chi connectivity index (χ1n) is 6.44. The van der Waals surface area contributed by atoms with E-state index in [-0.39, 0.29) is 24.2 Å². The first kappa shape index (κ1) is 14.7. The second-order valence-electron chi connectivity index (χ2n) is 5.35. The molecular formula is C15H22FNO. The van der Waals surface area contributed by atoms with Gasteiger partial charge in [-0.15, -0.1) is 0 Å². The second-order valence-corrected chi connectivity index (χ2v) is 5.35. The molecule has 0 atom stereocenters. The zero-order valence-corrected chi connectivity index (χ0v) is 11.5. The maximum Gasteiger partial charge on any atom is 0.224 e. The van der Waals surface area contributed by atoms with Crippen LogP contribution >= 0.6 is 0 Å². The fourth-order valence-electron chi connectivity index (χ4n) is 2.15. The molecule has 1 aromatic carbocycles. The highest BCUT2D eigenvalue weighted by Crippen LogP contribution is 2.13.